The van der Waals surface area contributed by atoms with E-state index in [0.29, 0.717) is 29.8 Å². The van der Waals surface area contributed by atoms with E-state index in [9.17, 15) is 9.59 Å². The molecule has 2 unspecified atom stereocenters. The minimum atomic E-state index is -0.174. The summed E-state index contributed by atoms with van der Waals surface area (Å²) in [6.45, 7) is 10.2. The number of hydrogen-bond donors (Lipinski definition) is 0. The van der Waals surface area contributed by atoms with Crippen LogP contribution in [-0.4, -0.2) is 88.4 Å². The maximum atomic E-state index is 13.9. The topological polar surface area (TPSA) is 47.1 Å². The summed E-state index contributed by atoms with van der Waals surface area (Å²) in [6, 6.07) is 12.5. The summed E-state index contributed by atoms with van der Waals surface area (Å²) < 4.78 is 0. The van der Waals surface area contributed by atoms with E-state index in [1.807, 2.05) is 11.9 Å². The zero-order valence-corrected chi connectivity index (χ0v) is 25.3. The first-order valence-electron chi connectivity index (χ1n) is 15.4. The molecule has 2 bridgehead atoms. The van der Waals surface area contributed by atoms with Crippen LogP contribution in [0, 0.1) is 11.3 Å². The second-order valence-electron chi connectivity index (χ2n) is 13.9. The van der Waals surface area contributed by atoms with Gasteiger partial charge in [-0.3, -0.25) is 9.69 Å². The van der Waals surface area contributed by atoms with Crippen molar-refractivity contribution >= 4 is 24.3 Å². The molecule has 7 heteroatoms. The number of hydrogen-bond acceptors (Lipinski definition) is 3. The predicted octanol–water partition coefficient (Wildman–Crippen LogP) is 5.76. The predicted molar refractivity (Wildman–Crippen MR) is 158 cm³/mol. The van der Waals surface area contributed by atoms with E-state index < -0.39 is 0 Å². The zero-order chi connectivity index (χ0) is 26.7. The number of amides is 3. The van der Waals surface area contributed by atoms with Crippen LogP contribution in [-0.2, 0) is 4.79 Å². The molecule has 5 fully saturated rings. The van der Waals surface area contributed by atoms with Gasteiger partial charge in [-0.05, 0) is 63.9 Å². The average molecular weight is 557 g/mol. The Bertz CT molecular complexity index is 1030. The van der Waals surface area contributed by atoms with E-state index in [0.717, 1.165) is 51.9 Å². The summed E-state index contributed by atoms with van der Waals surface area (Å²) in [7, 11) is 1.97. The Morgan fingerprint density at radius 3 is 2.26 bits per heavy atom. The van der Waals surface area contributed by atoms with Crippen LogP contribution in [0.5, 0.6) is 0 Å². The van der Waals surface area contributed by atoms with Gasteiger partial charge >= 0.3 is 6.03 Å². The van der Waals surface area contributed by atoms with Crippen molar-refractivity contribution < 1.29 is 9.59 Å². The summed E-state index contributed by atoms with van der Waals surface area (Å²) in [5, 5.41) is 0. The van der Waals surface area contributed by atoms with Crippen LogP contribution < -0.4 is 0 Å². The summed E-state index contributed by atoms with van der Waals surface area (Å²) in [5.41, 5.74) is 1.19. The van der Waals surface area contributed by atoms with Gasteiger partial charge in [-0.1, -0.05) is 56.5 Å². The molecular formula is C32H49ClN4O2. The van der Waals surface area contributed by atoms with Gasteiger partial charge in [0.25, 0.3) is 0 Å². The van der Waals surface area contributed by atoms with Gasteiger partial charge in [0, 0.05) is 62.7 Å². The summed E-state index contributed by atoms with van der Waals surface area (Å²) in [5.74, 6) is 1.26. The minimum absolute atomic E-state index is 0. The average Bonchev–Trinajstić information content (AvgIpc) is 3.50. The fraction of sp³-hybridized carbons (Fsp3) is 0.750. The molecule has 1 aromatic rings. The first kappa shape index (κ1) is 28.7. The lowest BCUT2D eigenvalue weighted by Gasteiger charge is -2.50. The van der Waals surface area contributed by atoms with E-state index in [4.69, 9.17) is 0 Å². The Hall–Kier alpha value is -1.79. The molecule has 3 amide bonds. The van der Waals surface area contributed by atoms with Crippen LogP contribution in [0.15, 0.2) is 30.3 Å². The Balaban J connectivity index is 0.00000308. The normalized spacial score (nSPS) is 34.3. The van der Waals surface area contributed by atoms with E-state index in [-0.39, 0.29) is 35.4 Å². The number of benzene rings is 1. The Kier molecular flexibility index (Phi) is 8.02. The largest absolute Gasteiger partial charge is 0.341 e. The molecule has 216 valence electrons. The van der Waals surface area contributed by atoms with Gasteiger partial charge in [-0.25, -0.2) is 4.79 Å². The van der Waals surface area contributed by atoms with Crippen LogP contribution in [0.25, 0.3) is 0 Å². The SMILES string of the molecule is CC(C)N1C(=O)N(C)CC12CC1CCC(C2)N1C[C@H]1CN(C(=O)C2(C)CCCCC2)C[C@@H]1c1ccccc1.Cl. The summed E-state index contributed by atoms with van der Waals surface area (Å²) in [4.78, 5) is 36.2. The van der Waals surface area contributed by atoms with Gasteiger partial charge in [-0.15, -0.1) is 12.4 Å². The molecule has 4 aliphatic heterocycles. The van der Waals surface area contributed by atoms with E-state index in [2.05, 4.69) is 65.8 Å². The highest BCUT2D eigenvalue weighted by Gasteiger charge is 2.57. The number of likely N-dealkylation sites (N-methyl/N-ethyl adjacent to an activating group) is 1. The Morgan fingerprint density at radius 1 is 1.00 bits per heavy atom. The highest BCUT2D eigenvalue weighted by molar-refractivity contribution is 5.85. The third kappa shape index (κ3) is 4.98. The quantitative estimate of drug-likeness (QED) is 0.463. The highest BCUT2D eigenvalue weighted by atomic mass is 35.5. The monoisotopic (exact) mass is 556 g/mol. The molecule has 4 saturated heterocycles. The number of nitrogens with zero attached hydrogens (tertiary/aromatic N) is 4. The number of likely N-dealkylation sites (tertiary alicyclic amines) is 1. The molecule has 0 N–H and O–H groups in total. The molecule has 1 aliphatic carbocycles. The van der Waals surface area contributed by atoms with E-state index >= 15 is 0 Å². The van der Waals surface area contributed by atoms with Gasteiger partial charge in [0.1, 0.15) is 0 Å². The lowest BCUT2D eigenvalue weighted by molar-refractivity contribution is -0.142. The lowest BCUT2D eigenvalue weighted by atomic mass is 9.74. The van der Waals surface area contributed by atoms with Gasteiger partial charge in [0.15, 0.2) is 0 Å². The van der Waals surface area contributed by atoms with Crippen LogP contribution in [0.3, 0.4) is 0 Å². The number of urea groups is 1. The molecule has 6 rings (SSSR count). The first-order valence-corrected chi connectivity index (χ1v) is 15.4. The number of carbonyl (C=O) groups excluding carboxylic acids is 2. The standard InChI is InChI=1S/C32H48N4O2.ClH/c1-23(2)36-30(38)33(4)22-32(36)17-26-13-14-27(18-32)35(26)20-25-19-34(21-28(25)24-11-7-5-8-12-24)29(37)31(3)15-9-6-10-16-31;/h5,7-8,11-12,23,25-28H,6,9-10,13-22H2,1-4H3;1H/t25-,26?,27?,28-,32?;/m1./s1. The molecule has 4 atom stereocenters. The van der Waals surface area contributed by atoms with Crippen molar-refractivity contribution in [3.05, 3.63) is 35.9 Å². The van der Waals surface area contributed by atoms with Crippen molar-refractivity contribution in [3.8, 4) is 0 Å². The fourth-order valence-corrected chi connectivity index (χ4v) is 9.28. The molecule has 0 radical (unpaired) electrons. The summed E-state index contributed by atoms with van der Waals surface area (Å²) in [6.07, 6.45) is 10.4. The van der Waals surface area contributed by atoms with E-state index in [1.165, 1.54) is 37.7 Å². The van der Waals surface area contributed by atoms with Gasteiger partial charge in [0.2, 0.25) is 5.91 Å². The summed E-state index contributed by atoms with van der Waals surface area (Å²) >= 11 is 0. The molecule has 0 aromatic heterocycles. The van der Waals surface area contributed by atoms with Crippen LogP contribution in [0.1, 0.15) is 90.0 Å². The van der Waals surface area contributed by atoms with Crippen LogP contribution in [0.2, 0.25) is 0 Å². The molecule has 4 heterocycles. The number of halogens is 1. The number of rotatable bonds is 5. The third-order valence-corrected chi connectivity index (χ3v) is 11.0. The fourth-order valence-electron chi connectivity index (χ4n) is 9.28. The molecule has 1 spiro atoms. The smallest absolute Gasteiger partial charge is 0.320 e. The molecule has 39 heavy (non-hydrogen) atoms. The van der Waals surface area contributed by atoms with Crippen molar-refractivity contribution in [2.75, 3.05) is 33.2 Å². The van der Waals surface area contributed by atoms with Crippen LogP contribution >= 0.6 is 12.4 Å². The van der Waals surface area contributed by atoms with Crippen molar-refractivity contribution in [1.82, 2.24) is 19.6 Å². The van der Waals surface area contributed by atoms with Crippen molar-refractivity contribution in [2.24, 2.45) is 11.3 Å². The number of carbonyl (C=O) groups is 2. The molecule has 5 aliphatic rings. The number of fused-ring (bicyclic) bond motifs is 2. The second kappa shape index (κ2) is 10.9. The molecule has 1 saturated carbocycles. The third-order valence-electron chi connectivity index (χ3n) is 11.0. The number of piperidine rings is 1. The van der Waals surface area contributed by atoms with Crippen molar-refractivity contribution in [2.45, 2.75) is 108 Å². The first-order chi connectivity index (χ1) is 18.2. The van der Waals surface area contributed by atoms with Gasteiger partial charge in [-0.2, -0.15) is 0 Å². The molecular weight excluding hydrogens is 508 g/mol. The van der Waals surface area contributed by atoms with Gasteiger partial charge < -0.3 is 14.7 Å². The highest BCUT2D eigenvalue weighted by Crippen LogP contribution is 2.49. The Morgan fingerprint density at radius 2 is 1.64 bits per heavy atom. The van der Waals surface area contributed by atoms with Crippen molar-refractivity contribution in [3.63, 3.8) is 0 Å². The lowest BCUT2D eigenvalue weighted by Crippen LogP contribution is -2.60. The van der Waals surface area contributed by atoms with Gasteiger partial charge in [0.05, 0.1) is 5.54 Å². The molecule has 6 nitrogen and oxygen atoms in total. The molecule has 1 aromatic carbocycles. The second-order valence-corrected chi connectivity index (χ2v) is 13.9. The van der Waals surface area contributed by atoms with Crippen LogP contribution in [0.4, 0.5) is 4.79 Å². The maximum absolute atomic E-state index is 13.9. The van der Waals surface area contributed by atoms with Crippen molar-refractivity contribution in [1.29, 1.82) is 0 Å². The minimum Gasteiger partial charge on any atom is -0.341 e. The van der Waals surface area contributed by atoms with E-state index in [1.54, 1.807) is 0 Å². The zero-order valence-electron chi connectivity index (χ0n) is 24.5. The maximum Gasteiger partial charge on any atom is 0.320 e. The Labute approximate surface area is 241 Å².